The Bertz CT molecular complexity index is 480. The van der Waals surface area contributed by atoms with Crippen molar-refractivity contribution in [3.8, 4) is 0 Å². The van der Waals surface area contributed by atoms with Gasteiger partial charge < -0.3 is 10.6 Å². The Hall–Kier alpha value is -0.980. The van der Waals surface area contributed by atoms with Crippen molar-refractivity contribution in [1.82, 2.24) is 15.2 Å². The van der Waals surface area contributed by atoms with Crippen LogP contribution in [0, 0.1) is 0 Å². The molecule has 0 unspecified atom stereocenters. The zero-order valence-electron chi connectivity index (χ0n) is 12.2. The second kappa shape index (κ2) is 8.46. The summed E-state index contributed by atoms with van der Waals surface area (Å²) in [7, 11) is 0. The molecule has 1 aliphatic rings. The van der Waals surface area contributed by atoms with Gasteiger partial charge in [-0.25, -0.2) is 4.98 Å². The summed E-state index contributed by atoms with van der Waals surface area (Å²) in [6.45, 7) is 6.45. The fraction of sp³-hybridized carbons (Fsp3) is 0.571. The molecular weight excluding hydrogens is 308 g/mol. The van der Waals surface area contributed by atoms with E-state index in [9.17, 15) is 4.79 Å². The summed E-state index contributed by atoms with van der Waals surface area (Å²) < 4.78 is 0. The van der Waals surface area contributed by atoms with Crippen molar-refractivity contribution in [2.45, 2.75) is 6.92 Å². The van der Waals surface area contributed by atoms with Gasteiger partial charge in [0.05, 0.1) is 10.6 Å². The van der Waals surface area contributed by atoms with E-state index < -0.39 is 0 Å². The van der Waals surface area contributed by atoms with Gasteiger partial charge >= 0.3 is 0 Å². The SMILES string of the molecule is CCNc1cc(C(=O)NCCN2CCSCC2)c(Cl)cn1. The van der Waals surface area contributed by atoms with Crippen LogP contribution >= 0.6 is 23.4 Å². The summed E-state index contributed by atoms with van der Waals surface area (Å²) in [4.78, 5) is 18.7. The van der Waals surface area contributed by atoms with Crippen molar-refractivity contribution in [2.24, 2.45) is 0 Å². The maximum atomic E-state index is 12.2. The van der Waals surface area contributed by atoms with E-state index in [-0.39, 0.29) is 5.91 Å². The maximum absolute atomic E-state index is 12.2. The number of hydrogen-bond acceptors (Lipinski definition) is 5. The number of pyridine rings is 1. The topological polar surface area (TPSA) is 57.3 Å². The Kier molecular flexibility index (Phi) is 6.60. The summed E-state index contributed by atoms with van der Waals surface area (Å²) in [6.07, 6.45) is 1.51. The van der Waals surface area contributed by atoms with Gasteiger partial charge in [-0.15, -0.1) is 0 Å². The first-order chi connectivity index (χ1) is 10.2. The summed E-state index contributed by atoms with van der Waals surface area (Å²) in [5.74, 6) is 2.87. The molecule has 116 valence electrons. The molecule has 1 amide bonds. The van der Waals surface area contributed by atoms with Crippen LogP contribution in [0.2, 0.25) is 5.02 Å². The molecule has 21 heavy (non-hydrogen) atoms. The predicted molar refractivity (Wildman–Crippen MR) is 89.5 cm³/mol. The van der Waals surface area contributed by atoms with E-state index in [1.807, 2.05) is 18.7 Å². The third-order valence-electron chi connectivity index (χ3n) is 3.28. The van der Waals surface area contributed by atoms with Crippen LogP contribution in [0.4, 0.5) is 5.82 Å². The molecule has 0 saturated carbocycles. The van der Waals surface area contributed by atoms with Crippen LogP contribution in [-0.4, -0.2) is 60.0 Å². The Morgan fingerprint density at radius 2 is 2.24 bits per heavy atom. The number of carbonyl (C=O) groups excluding carboxylic acids is 1. The quantitative estimate of drug-likeness (QED) is 0.836. The lowest BCUT2D eigenvalue weighted by Gasteiger charge is -2.26. The lowest BCUT2D eigenvalue weighted by molar-refractivity contribution is 0.0949. The van der Waals surface area contributed by atoms with E-state index in [1.165, 1.54) is 17.7 Å². The number of aromatic nitrogens is 1. The van der Waals surface area contributed by atoms with E-state index >= 15 is 0 Å². The molecule has 0 radical (unpaired) electrons. The number of amides is 1. The molecule has 1 fully saturated rings. The molecule has 1 aromatic rings. The summed E-state index contributed by atoms with van der Waals surface area (Å²) >= 11 is 8.04. The molecule has 0 spiro atoms. The van der Waals surface area contributed by atoms with Crippen molar-refractivity contribution in [2.75, 3.05) is 49.5 Å². The molecule has 0 atom stereocenters. The van der Waals surface area contributed by atoms with E-state index in [2.05, 4.69) is 20.5 Å². The molecule has 5 nitrogen and oxygen atoms in total. The van der Waals surface area contributed by atoms with Crippen molar-refractivity contribution in [1.29, 1.82) is 0 Å². The first kappa shape index (κ1) is 16.4. The second-order valence-corrected chi connectivity index (χ2v) is 6.42. The Morgan fingerprint density at radius 3 is 2.95 bits per heavy atom. The Labute approximate surface area is 134 Å². The molecule has 0 aliphatic carbocycles. The van der Waals surface area contributed by atoms with Gasteiger partial charge in [-0.3, -0.25) is 9.69 Å². The molecule has 0 bridgehead atoms. The molecule has 7 heteroatoms. The van der Waals surface area contributed by atoms with Crippen LogP contribution < -0.4 is 10.6 Å². The van der Waals surface area contributed by atoms with Gasteiger partial charge in [-0.05, 0) is 13.0 Å². The average molecular weight is 329 g/mol. The third-order valence-corrected chi connectivity index (χ3v) is 4.52. The number of rotatable bonds is 6. The zero-order chi connectivity index (χ0) is 15.1. The normalized spacial score (nSPS) is 15.7. The number of anilines is 1. The lowest BCUT2D eigenvalue weighted by atomic mass is 10.2. The predicted octanol–water partition coefficient (Wildman–Crippen LogP) is 1.95. The van der Waals surface area contributed by atoms with E-state index in [0.717, 1.165) is 26.2 Å². The van der Waals surface area contributed by atoms with Crippen LogP contribution in [0.25, 0.3) is 0 Å². The van der Waals surface area contributed by atoms with Gasteiger partial charge in [-0.2, -0.15) is 11.8 Å². The second-order valence-electron chi connectivity index (χ2n) is 4.79. The van der Waals surface area contributed by atoms with Crippen molar-refractivity contribution >= 4 is 35.1 Å². The molecular formula is C14H21ClN4OS. The summed E-state index contributed by atoms with van der Waals surface area (Å²) in [5.41, 5.74) is 0.469. The Balaban J connectivity index is 1.85. The smallest absolute Gasteiger partial charge is 0.253 e. The van der Waals surface area contributed by atoms with Crippen LogP contribution in [0.3, 0.4) is 0 Å². The molecule has 1 aliphatic heterocycles. The highest BCUT2D eigenvalue weighted by Gasteiger charge is 2.13. The Morgan fingerprint density at radius 1 is 1.48 bits per heavy atom. The van der Waals surface area contributed by atoms with Crippen molar-refractivity contribution in [3.05, 3.63) is 22.8 Å². The highest BCUT2D eigenvalue weighted by Crippen LogP contribution is 2.17. The molecule has 0 aromatic carbocycles. The van der Waals surface area contributed by atoms with Crippen molar-refractivity contribution in [3.63, 3.8) is 0 Å². The number of thioether (sulfide) groups is 1. The van der Waals surface area contributed by atoms with E-state index in [1.54, 1.807) is 6.07 Å². The minimum atomic E-state index is -0.145. The van der Waals surface area contributed by atoms with Gasteiger partial charge in [0.25, 0.3) is 5.91 Å². The molecule has 2 N–H and O–H groups in total. The summed E-state index contributed by atoms with van der Waals surface area (Å²) in [6, 6.07) is 1.69. The molecule has 2 heterocycles. The number of nitrogens with one attached hydrogen (secondary N) is 2. The molecule has 1 aromatic heterocycles. The van der Waals surface area contributed by atoms with Crippen LogP contribution in [0.1, 0.15) is 17.3 Å². The number of nitrogens with zero attached hydrogens (tertiary/aromatic N) is 2. The standard InChI is InChI=1S/C14H21ClN4OS/c1-2-16-13-9-11(12(15)10-18-13)14(20)17-3-4-19-5-7-21-8-6-19/h9-10H,2-8H2,1H3,(H,16,18)(H,17,20). The van der Waals surface area contributed by atoms with Crippen LogP contribution in [0.5, 0.6) is 0 Å². The lowest BCUT2D eigenvalue weighted by Crippen LogP contribution is -2.39. The third kappa shape index (κ3) is 5.05. The molecule has 1 saturated heterocycles. The highest BCUT2D eigenvalue weighted by molar-refractivity contribution is 7.99. The minimum Gasteiger partial charge on any atom is -0.370 e. The first-order valence-corrected chi connectivity index (χ1v) is 8.71. The van der Waals surface area contributed by atoms with Gasteiger partial charge in [-0.1, -0.05) is 11.6 Å². The zero-order valence-corrected chi connectivity index (χ0v) is 13.8. The molecule has 2 rings (SSSR count). The number of hydrogen-bond donors (Lipinski definition) is 2. The number of carbonyl (C=O) groups is 1. The minimum absolute atomic E-state index is 0.145. The fourth-order valence-electron chi connectivity index (χ4n) is 2.14. The van der Waals surface area contributed by atoms with Crippen LogP contribution in [0.15, 0.2) is 12.3 Å². The van der Waals surface area contributed by atoms with Gasteiger partial charge in [0.2, 0.25) is 0 Å². The van der Waals surface area contributed by atoms with Crippen LogP contribution in [-0.2, 0) is 0 Å². The highest BCUT2D eigenvalue weighted by atomic mass is 35.5. The fourth-order valence-corrected chi connectivity index (χ4v) is 3.31. The first-order valence-electron chi connectivity index (χ1n) is 7.18. The monoisotopic (exact) mass is 328 g/mol. The van der Waals surface area contributed by atoms with E-state index in [0.29, 0.717) is 22.9 Å². The largest absolute Gasteiger partial charge is 0.370 e. The van der Waals surface area contributed by atoms with Crippen molar-refractivity contribution < 1.29 is 4.79 Å². The van der Waals surface area contributed by atoms with Gasteiger partial charge in [0.1, 0.15) is 5.82 Å². The maximum Gasteiger partial charge on any atom is 0.253 e. The number of halogens is 1. The van der Waals surface area contributed by atoms with E-state index in [4.69, 9.17) is 11.6 Å². The van der Waals surface area contributed by atoms with Gasteiger partial charge in [0, 0.05) is 50.4 Å². The average Bonchev–Trinajstić information content (AvgIpc) is 2.50. The summed E-state index contributed by atoms with van der Waals surface area (Å²) in [5, 5.41) is 6.38. The van der Waals surface area contributed by atoms with Gasteiger partial charge in [0.15, 0.2) is 0 Å².